The Balaban J connectivity index is 1.44. The molecule has 172 valence electrons. The molecule has 1 aliphatic heterocycles. The number of nitrogens with zero attached hydrogens (tertiary/aromatic N) is 2. The van der Waals surface area contributed by atoms with Crippen molar-refractivity contribution in [1.29, 1.82) is 0 Å². The molecule has 3 atom stereocenters. The van der Waals surface area contributed by atoms with Crippen molar-refractivity contribution in [3.05, 3.63) is 77.9 Å². The van der Waals surface area contributed by atoms with Gasteiger partial charge in [-0.25, -0.2) is 0 Å². The van der Waals surface area contributed by atoms with E-state index in [9.17, 15) is 4.79 Å². The van der Waals surface area contributed by atoms with E-state index in [-0.39, 0.29) is 17.4 Å². The lowest BCUT2D eigenvalue weighted by Gasteiger charge is -2.53. The summed E-state index contributed by atoms with van der Waals surface area (Å²) in [7, 11) is 5.97. The Bertz CT molecular complexity index is 1160. The topological polar surface area (TPSA) is 32.8 Å². The summed E-state index contributed by atoms with van der Waals surface area (Å²) in [4.78, 5) is 18.0. The number of hydrogen-bond donors (Lipinski definition) is 0. The lowest BCUT2D eigenvalue weighted by atomic mass is 9.58. The number of piperidine rings is 1. The van der Waals surface area contributed by atoms with Crippen molar-refractivity contribution in [1.82, 2.24) is 9.80 Å². The number of fused-ring (bicyclic) bond motifs is 2. The molecule has 0 radical (unpaired) electrons. The van der Waals surface area contributed by atoms with E-state index < -0.39 is 0 Å². The minimum atomic E-state index is 0.0852. The Hall–Kier alpha value is -2.85. The van der Waals surface area contributed by atoms with Gasteiger partial charge < -0.3 is 14.5 Å². The zero-order valence-electron chi connectivity index (χ0n) is 20.0. The number of carbonyl (C=O) groups is 1. The van der Waals surface area contributed by atoms with Crippen LogP contribution in [0.3, 0.4) is 0 Å². The van der Waals surface area contributed by atoms with Crippen LogP contribution in [0.4, 0.5) is 0 Å². The number of methoxy groups -OCH3 is 1. The third-order valence-electron chi connectivity index (χ3n) is 8.21. The summed E-state index contributed by atoms with van der Waals surface area (Å²) in [6, 6.07) is 23.2. The average Bonchev–Trinajstić information content (AvgIpc) is 2.87. The molecule has 4 heteroatoms. The molecule has 0 spiro atoms. The lowest BCUT2D eigenvalue weighted by molar-refractivity contribution is 0.0259. The Morgan fingerprint density at radius 3 is 2.67 bits per heavy atom. The van der Waals surface area contributed by atoms with Crippen molar-refractivity contribution in [2.24, 2.45) is 5.92 Å². The van der Waals surface area contributed by atoms with Gasteiger partial charge in [-0.1, -0.05) is 42.5 Å². The SMILES string of the molecule is COc1cccc([C@@]23CCN(C)C[C@H]2CC[C@@H](N(C)C(=O)c2ccc4ccccc4c2)C3)c1. The molecule has 5 rings (SSSR count). The van der Waals surface area contributed by atoms with Crippen LogP contribution in [0.2, 0.25) is 0 Å². The summed E-state index contributed by atoms with van der Waals surface area (Å²) in [5.41, 5.74) is 2.23. The van der Waals surface area contributed by atoms with E-state index in [4.69, 9.17) is 4.74 Å². The normalized spacial score (nSPS) is 25.4. The molecule has 3 aromatic rings. The van der Waals surface area contributed by atoms with Crippen molar-refractivity contribution < 1.29 is 9.53 Å². The van der Waals surface area contributed by atoms with Gasteiger partial charge in [-0.3, -0.25) is 4.79 Å². The van der Waals surface area contributed by atoms with Crippen molar-refractivity contribution >= 4 is 16.7 Å². The standard InChI is InChI=1S/C29H34N2O2/c1-30-16-15-29(24-9-6-10-27(18-24)33-3)19-26(14-13-25(29)20-30)31(2)28(32)23-12-11-21-7-4-5-8-22(21)17-23/h4-12,17-18,25-26H,13-16,19-20H2,1-3H3/t25-,26-,29+/m1/s1. The van der Waals surface area contributed by atoms with E-state index in [2.05, 4.69) is 48.3 Å². The average molecular weight is 443 g/mol. The first-order valence-corrected chi connectivity index (χ1v) is 12.1. The minimum absolute atomic E-state index is 0.0852. The van der Waals surface area contributed by atoms with E-state index in [0.717, 1.165) is 55.5 Å². The second-order valence-corrected chi connectivity index (χ2v) is 10.0. The maximum atomic E-state index is 13.5. The van der Waals surface area contributed by atoms with Gasteiger partial charge in [0.1, 0.15) is 5.75 Å². The van der Waals surface area contributed by atoms with Gasteiger partial charge in [-0.15, -0.1) is 0 Å². The van der Waals surface area contributed by atoms with Gasteiger partial charge in [0.25, 0.3) is 5.91 Å². The van der Waals surface area contributed by atoms with E-state index in [1.807, 2.05) is 42.3 Å². The Morgan fingerprint density at radius 2 is 1.85 bits per heavy atom. The zero-order valence-corrected chi connectivity index (χ0v) is 20.0. The van der Waals surface area contributed by atoms with Crippen LogP contribution in [0.5, 0.6) is 5.75 Å². The summed E-state index contributed by atoms with van der Waals surface area (Å²) >= 11 is 0. The van der Waals surface area contributed by atoms with Crippen molar-refractivity contribution in [3.8, 4) is 5.75 Å². The van der Waals surface area contributed by atoms with Gasteiger partial charge in [0, 0.05) is 30.6 Å². The largest absolute Gasteiger partial charge is 0.497 e. The number of ether oxygens (including phenoxy) is 1. The van der Waals surface area contributed by atoms with Crippen LogP contribution in [-0.4, -0.2) is 56.0 Å². The molecule has 1 amide bonds. The summed E-state index contributed by atoms with van der Waals surface area (Å²) in [6.45, 7) is 2.20. The zero-order chi connectivity index (χ0) is 23.0. The maximum absolute atomic E-state index is 13.5. The van der Waals surface area contributed by atoms with Gasteiger partial charge in [0.05, 0.1) is 7.11 Å². The van der Waals surface area contributed by atoms with E-state index in [1.54, 1.807) is 7.11 Å². The summed E-state index contributed by atoms with van der Waals surface area (Å²) in [5, 5.41) is 2.28. The van der Waals surface area contributed by atoms with Crippen molar-refractivity contribution in [2.45, 2.75) is 37.1 Å². The predicted octanol–water partition coefficient (Wildman–Crippen LogP) is 5.36. The highest BCUT2D eigenvalue weighted by atomic mass is 16.5. The van der Waals surface area contributed by atoms with Gasteiger partial charge in [0.15, 0.2) is 0 Å². The number of hydrogen-bond acceptors (Lipinski definition) is 3. The fourth-order valence-electron chi connectivity index (χ4n) is 6.24. The molecule has 1 aliphatic carbocycles. The summed E-state index contributed by atoms with van der Waals surface area (Å²) in [6.07, 6.45) is 4.33. The molecule has 2 fully saturated rings. The van der Waals surface area contributed by atoms with Crippen LogP contribution in [0.25, 0.3) is 10.8 Å². The van der Waals surface area contributed by atoms with E-state index >= 15 is 0 Å². The third kappa shape index (κ3) is 4.02. The van der Waals surface area contributed by atoms with E-state index in [1.165, 1.54) is 10.9 Å². The number of carbonyl (C=O) groups excluding carboxylic acids is 1. The van der Waals surface area contributed by atoms with Crippen LogP contribution >= 0.6 is 0 Å². The second kappa shape index (κ2) is 8.83. The van der Waals surface area contributed by atoms with Gasteiger partial charge >= 0.3 is 0 Å². The highest BCUT2D eigenvalue weighted by Crippen LogP contribution is 2.50. The van der Waals surface area contributed by atoms with Gasteiger partial charge in [-0.2, -0.15) is 0 Å². The Labute approximate surface area is 197 Å². The van der Waals surface area contributed by atoms with Crippen LogP contribution in [0, 0.1) is 5.92 Å². The van der Waals surface area contributed by atoms with Crippen molar-refractivity contribution in [2.75, 3.05) is 34.3 Å². The molecular weight excluding hydrogens is 408 g/mol. The van der Waals surface area contributed by atoms with Crippen molar-refractivity contribution in [3.63, 3.8) is 0 Å². The van der Waals surface area contributed by atoms with Crippen LogP contribution in [0.15, 0.2) is 66.7 Å². The number of benzene rings is 3. The molecule has 0 unspecified atom stereocenters. The minimum Gasteiger partial charge on any atom is -0.497 e. The monoisotopic (exact) mass is 442 g/mol. The Kier molecular flexibility index (Phi) is 5.88. The molecular formula is C29H34N2O2. The predicted molar refractivity (Wildman–Crippen MR) is 134 cm³/mol. The van der Waals surface area contributed by atoms with E-state index in [0.29, 0.717) is 5.92 Å². The molecule has 4 nitrogen and oxygen atoms in total. The molecule has 0 aromatic heterocycles. The first-order valence-electron chi connectivity index (χ1n) is 12.1. The second-order valence-electron chi connectivity index (χ2n) is 10.0. The molecule has 0 N–H and O–H groups in total. The first kappa shape index (κ1) is 22.0. The lowest BCUT2D eigenvalue weighted by Crippen LogP contribution is -2.55. The van der Waals surface area contributed by atoms with Crippen LogP contribution in [0.1, 0.15) is 41.6 Å². The number of likely N-dealkylation sites (tertiary alicyclic amines) is 1. The van der Waals surface area contributed by atoms with Gasteiger partial charge in [0.2, 0.25) is 0 Å². The maximum Gasteiger partial charge on any atom is 0.253 e. The number of amides is 1. The summed E-state index contributed by atoms with van der Waals surface area (Å²) < 4.78 is 5.57. The van der Waals surface area contributed by atoms with Crippen LogP contribution < -0.4 is 4.74 Å². The molecule has 0 bridgehead atoms. The molecule has 33 heavy (non-hydrogen) atoms. The quantitative estimate of drug-likeness (QED) is 0.545. The highest BCUT2D eigenvalue weighted by Gasteiger charge is 2.48. The Morgan fingerprint density at radius 1 is 1.03 bits per heavy atom. The number of rotatable bonds is 4. The highest BCUT2D eigenvalue weighted by molar-refractivity contribution is 5.98. The third-order valence-corrected chi connectivity index (χ3v) is 8.21. The first-order chi connectivity index (χ1) is 16.0. The molecule has 3 aromatic carbocycles. The molecule has 2 aliphatic rings. The smallest absolute Gasteiger partial charge is 0.253 e. The summed E-state index contributed by atoms with van der Waals surface area (Å²) in [5.74, 6) is 1.64. The molecule has 1 heterocycles. The fraction of sp³-hybridized carbons (Fsp3) is 0.414. The van der Waals surface area contributed by atoms with Gasteiger partial charge in [-0.05, 0) is 85.8 Å². The molecule has 1 saturated carbocycles. The fourth-order valence-corrected chi connectivity index (χ4v) is 6.24. The molecule has 1 saturated heterocycles. The van der Waals surface area contributed by atoms with Crippen LogP contribution in [-0.2, 0) is 5.41 Å².